The summed E-state index contributed by atoms with van der Waals surface area (Å²) in [4.78, 5) is 14.3. The number of aryl methyl sites for hydroxylation is 2. The van der Waals surface area contributed by atoms with Crippen LogP contribution in [0.5, 0.6) is 0 Å². The van der Waals surface area contributed by atoms with Crippen LogP contribution < -0.4 is 11.1 Å². The molecule has 0 atom stereocenters. The van der Waals surface area contributed by atoms with Crippen LogP contribution in [0.3, 0.4) is 0 Å². The van der Waals surface area contributed by atoms with Crippen LogP contribution in [0.2, 0.25) is 0 Å². The van der Waals surface area contributed by atoms with Crippen molar-refractivity contribution < 1.29 is 9.34 Å². The number of hydrogen-bond donors (Lipinski definition) is 2. The fourth-order valence-electron chi connectivity index (χ4n) is 1.62. The smallest absolute Gasteiger partial charge is 0.292 e. The van der Waals surface area contributed by atoms with Gasteiger partial charge in [0, 0.05) is 11.8 Å². The average Bonchev–Trinajstić information content (AvgIpc) is 2.66. The molecule has 0 aliphatic rings. The lowest BCUT2D eigenvalue weighted by atomic mass is 10.2. The first kappa shape index (κ1) is 12.9. The molecule has 19 heavy (non-hydrogen) atoms. The zero-order valence-electron chi connectivity index (χ0n) is 10.6. The summed E-state index contributed by atoms with van der Waals surface area (Å²) in [6.07, 6.45) is 0. The quantitative estimate of drug-likeness (QED) is 0.497. The van der Waals surface area contributed by atoms with Crippen molar-refractivity contribution in [3.63, 3.8) is 0 Å². The predicted octanol–water partition coefficient (Wildman–Crippen LogP) is 2.39. The number of nitrogens with two attached hydrogens (primary N) is 1. The molecule has 2 aromatic rings. The summed E-state index contributed by atoms with van der Waals surface area (Å²) in [7, 11) is 0. The molecular formula is C12H14N4O3. The van der Waals surface area contributed by atoms with E-state index in [1.807, 2.05) is 13.8 Å². The number of anilines is 2. The van der Waals surface area contributed by atoms with Gasteiger partial charge in [-0.25, -0.2) is 4.98 Å². The number of nitro benzene ring substituents is 1. The number of nitrogen functional groups attached to an aromatic ring is 1. The minimum atomic E-state index is -0.514. The lowest BCUT2D eigenvalue weighted by molar-refractivity contribution is -0.383. The van der Waals surface area contributed by atoms with Crippen molar-refractivity contribution in [3.05, 3.63) is 45.7 Å². The SMILES string of the molecule is Cc1nc(CNc2ccc([N+](=O)[O-])c(N)c2)oc1C. The fraction of sp³-hybridized carbons (Fsp3) is 0.250. The Hall–Kier alpha value is -2.57. The summed E-state index contributed by atoms with van der Waals surface area (Å²) >= 11 is 0. The third-order valence-corrected chi connectivity index (χ3v) is 2.74. The van der Waals surface area contributed by atoms with E-state index in [4.69, 9.17) is 10.2 Å². The minimum absolute atomic E-state index is 0.103. The molecule has 1 heterocycles. The Morgan fingerprint density at radius 2 is 2.21 bits per heavy atom. The van der Waals surface area contributed by atoms with Gasteiger partial charge in [0.2, 0.25) is 5.89 Å². The number of nitrogens with zero attached hydrogens (tertiary/aromatic N) is 2. The third-order valence-electron chi connectivity index (χ3n) is 2.74. The molecule has 7 nitrogen and oxygen atoms in total. The third kappa shape index (κ3) is 2.82. The maximum atomic E-state index is 10.6. The van der Waals surface area contributed by atoms with Gasteiger partial charge in [-0.3, -0.25) is 10.1 Å². The lowest BCUT2D eigenvalue weighted by Gasteiger charge is -2.05. The first-order valence-electron chi connectivity index (χ1n) is 5.68. The molecule has 3 N–H and O–H groups in total. The second-order valence-corrected chi connectivity index (χ2v) is 4.13. The van der Waals surface area contributed by atoms with Gasteiger partial charge in [0.15, 0.2) is 0 Å². The van der Waals surface area contributed by atoms with E-state index < -0.39 is 4.92 Å². The van der Waals surface area contributed by atoms with Gasteiger partial charge in [0.25, 0.3) is 5.69 Å². The molecule has 0 spiro atoms. The zero-order valence-corrected chi connectivity index (χ0v) is 10.6. The van der Waals surface area contributed by atoms with Crippen molar-refractivity contribution in [2.75, 3.05) is 11.1 Å². The van der Waals surface area contributed by atoms with E-state index in [1.54, 1.807) is 6.07 Å². The Kier molecular flexibility index (Phi) is 3.37. The van der Waals surface area contributed by atoms with E-state index in [1.165, 1.54) is 12.1 Å². The summed E-state index contributed by atoms with van der Waals surface area (Å²) in [5, 5.41) is 13.7. The Balaban J connectivity index is 2.08. The molecule has 0 bridgehead atoms. The maximum Gasteiger partial charge on any atom is 0.292 e. The van der Waals surface area contributed by atoms with E-state index in [2.05, 4.69) is 10.3 Å². The first-order chi connectivity index (χ1) is 8.97. The van der Waals surface area contributed by atoms with Gasteiger partial charge >= 0.3 is 0 Å². The van der Waals surface area contributed by atoms with Crippen LogP contribution in [-0.4, -0.2) is 9.91 Å². The zero-order chi connectivity index (χ0) is 14.0. The largest absolute Gasteiger partial charge is 0.444 e. The number of rotatable bonds is 4. The van der Waals surface area contributed by atoms with Crippen LogP contribution in [0.15, 0.2) is 22.6 Å². The molecule has 7 heteroatoms. The summed E-state index contributed by atoms with van der Waals surface area (Å²) in [5.74, 6) is 1.34. The van der Waals surface area contributed by atoms with Crippen LogP contribution in [0.1, 0.15) is 17.3 Å². The van der Waals surface area contributed by atoms with Gasteiger partial charge in [0.05, 0.1) is 17.2 Å². The molecule has 0 radical (unpaired) electrons. The van der Waals surface area contributed by atoms with E-state index >= 15 is 0 Å². The number of hydrogen-bond acceptors (Lipinski definition) is 6. The van der Waals surface area contributed by atoms with Crippen molar-refractivity contribution in [1.82, 2.24) is 4.98 Å². The highest BCUT2D eigenvalue weighted by molar-refractivity contribution is 5.65. The van der Waals surface area contributed by atoms with Crippen molar-refractivity contribution in [2.45, 2.75) is 20.4 Å². The number of benzene rings is 1. The molecule has 0 saturated heterocycles. The summed E-state index contributed by atoms with van der Waals surface area (Å²) in [6, 6.07) is 4.47. The van der Waals surface area contributed by atoms with Gasteiger partial charge in [-0.05, 0) is 26.0 Å². The Morgan fingerprint density at radius 3 is 2.74 bits per heavy atom. The lowest BCUT2D eigenvalue weighted by Crippen LogP contribution is -2.02. The van der Waals surface area contributed by atoms with E-state index in [-0.39, 0.29) is 11.4 Å². The Bertz CT molecular complexity index is 602. The minimum Gasteiger partial charge on any atom is -0.444 e. The van der Waals surface area contributed by atoms with Crippen molar-refractivity contribution in [3.8, 4) is 0 Å². The Labute approximate surface area is 109 Å². The second kappa shape index (κ2) is 4.97. The van der Waals surface area contributed by atoms with E-state index in [9.17, 15) is 10.1 Å². The molecule has 100 valence electrons. The highest BCUT2D eigenvalue weighted by Gasteiger charge is 2.11. The van der Waals surface area contributed by atoms with Crippen molar-refractivity contribution >= 4 is 17.1 Å². The molecule has 0 aliphatic carbocycles. The summed E-state index contributed by atoms with van der Waals surface area (Å²) in [5.41, 5.74) is 7.14. The topological polar surface area (TPSA) is 107 Å². The van der Waals surface area contributed by atoms with Gasteiger partial charge in [0.1, 0.15) is 11.4 Å². The van der Waals surface area contributed by atoms with Crippen LogP contribution in [0, 0.1) is 24.0 Å². The second-order valence-electron chi connectivity index (χ2n) is 4.13. The number of nitrogens with one attached hydrogen (secondary N) is 1. The summed E-state index contributed by atoms with van der Waals surface area (Å²) in [6.45, 7) is 4.10. The maximum absolute atomic E-state index is 10.6. The number of oxazole rings is 1. The average molecular weight is 262 g/mol. The summed E-state index contributed by atoms with van der Waals surface area (Å²) < 4.78 is 5.42. The van der Waals surface area contributed by atoms with Crippen LogP contribution in [0.4, 0.5) is 17.1 Å². The molecule has 1 aromatic heterocycles. The molecule has 1 aromatic carbocycles. The molecule has 0 unspecified atom stereocenters. The van der Waals surface area contributed by atoms with Gasteiger partial charge in [-0.2, -0.15) is 0 Å². The number of nitro groups is 1. The molecule has 0 saturated carbocycles. The fourth-order valence-corrected chi connectivity index (χ4v) is 1.62. The standard InChI is InChI=1S/C12H14N4O3/c1-7-8(2)19-12(15-7)6-14-9-3-4-11(16(17)18)10(13)5-9/h3-5,14H,6,13H2,1-2H3. The predicted molar refractivity (Wildman–Crippen MR) is 70.8 cm³/mol. The highest BCUT2D eigenvalue weighted by Crippen LogP contribution is 2.24. The van der Waals surface area contributed by atoms with Gasteiger partial charge in [-0.15, -0.1) is 0 Å². The molecule has 2 rings (SSSR count). The van der Waals surface area contributed by atoms with Gasteiger partial charge < -0.3 is 15.5 Å². The van der Waals surface area contributed by atoms with E-state index in [0.29, 0.717) is 18.1 Å². The van der Waals surface area contributed by atoms with Crippen LogP contribution in [-0.2, 0) is 6.54 Å². The van der Waals surface area contributed by atoms with Crippen LogP contribution in [0.25, 0.3) is 0 Å². The van der Waals surface area contributed by atoms with Crippen molar-refractivity contribution in [1.29, 1.82) is 0 Å². The number of aromatic nitrogens is 1. The molecule has 0 aliphatic heterocycles. The van der Waals surface area contributed by atoms with Crippen LogP contribution >= 0.6 is 0 Å². The Morgan fingerprint density at radius 1 is 1.47 bits per heavy atom. The highest BCUT2D eigenvalue weighted by atomic mass is 16.6. The molecule has 0 fully saturated rings. The molecule has 0 amide bonds. The molecular weight excluding hydrogens is 248 g/mol. The van der Waals surface area contributed by atoms with E-state index in [0.717, 1.165) is 11.5 Å². The monoisotopic (exact) mass is 262 g/mol. The van der Waals surface area contributed by atoms with Crippen molar-refractivity contribution in [2.24, 2.45) is 0 Å². The van der Waals surface area contributed by atoms with Gasteiger partial charge in [-0.1, -0.05) is 0 Å². The first-order valence-corrected chi connectivity index (χ1v) is 5.68. The normalized spacial score (nSPS) is 10.4.